The van der Waals surface area contributed by atoms with Crippen LogP contribution in [0, 0.1) is 5.92 Å². The van der Waals surface area contributed by atoms with E-state index in [1.165, 1.54) is 244 Å². The topological polar surface area (TPSA) is 26.0 Å². The molecule has 260 valence electrons. The molecule has 0 aromatic carbocycles. The van der Waals surface area contributed by atoms with Crippen LogP contribution in [0.4, 0.5) is 0 Å². The lowest BCUT2D eigenvalue weighted by atomic mass is 9.94. The Morgan fingerprint density at radius 3 is 0.581 bits per heavy atom. The Kier molecular flexibility index (Phi) is 39.9. The standard InChI is InChI=1S/C42H87N/c1-3-5-7-9-11-13-15-17-19-20-21-22-23-24-25-26-28-30-32-34-36-38-40-42(41-43)39-37-35-33-31-29-27-18-16-14-12-10-8-6-4-2/h42H,3-41,43H2,1-2H3. The highest BCUT2D eigenvalue weighted by molar-refractivity contribution is 4.62. The fourth-order valence-corrected chi connectivity index (χ4v) is 7.05. The highest BCUT2D eigenvalue weighted by Crippen LogP contribution is 2.20. The Morgan fingerprint density at radius 1 is 0.256 bits per heavy atom. The van der Waals surface area contributed by atoms with Gasteiger partial charge in [0.25, 0.3) is 0 Å². The van der Waals surface area contributed by atoms with Crippen molar-refractivity contribution >= 4 is 0 Å². The second kappa shape index (κ2) is 40.0. The highest BCUT2D eigenvalue weighted by Gasteiger charge is 2.06. The molecule has 0 aliphatic rings. The smallest absolute Gasteiger partial charge is 0.00489 e. The predicted octanol–water partition coefficient (Wildman–Crippen LogP) is 15.4. The Balaban J connectivity index is 3.23. The molecule has 0 aliphatic heterocycles. The second-order valence-electron chi connectivity index (χ2n) is 14.7. The third-order valence-electron chi connectivity index (χ3n) is 10.3. The van der Waals surface area contributed by atoms with Gasteiger partial charge in [-0.1, -0.05) is 245 Å². The van der Waals surface area contributed by atoms with Gasteiger partial charge < -0.3 is 5.73 Å². The maximum atomic E-state index is 6.12. The Labute approximate surface area is 275 Å². The maximum absolute atomic E-state index is 6.12. The van der Waals surface area contributed by atoms with Gasteiger partial charge in [0.1, 0.15) is 0 Å². The average Bonchev–Trinajstić information content (AvgIpc) is 3.02. The molecule has 0 radical (unpaired) electrons. The predicted molar refractivity (Wildman–Crippen MR) is 199 cm³/mol. The minimum atomic E-state index is 0.794. The van der Waals surface area contributed by atoms with Crippen molar-refractivity contribution < 1.29 is 0 Å². The first-order valence-corrected chi connectivity index (χ1v) is 21.0. The molecule has 0 saturated heterocycles. The van der Waals surface area contributed by atoms with Crippen LogP contribution in [0.3, 0.4) is 0 Å². The van der Waals surface area contributed by atoms with Crippen molar-refractivity contribution in [2.24, 2.45) is 11.7 Å². The molecule has 0 heterocycles. The van der Waals surface area contributed by atoms with Crippen molar-refractivity contribution in [1.29, 1.82) is 0 Å². The van der Waals surface area contributed by atoms with E-state index < -0.39 is 0 Å². The molecule has 43 heavy (non-hydrogen) atoms. The van der Waals surface area contributed by atoms with Gasteiger partial charge >= 0.3 is 0 Å². The highest BCUT2D eigenvalue weighted by atomic mass is 14.5. The van der Waals surface area contributed by atoms with Crippen LogP contribution in [-0.4, -0.2) is 6.54 Å². The molecule has 2 N–H and O–H groups in total. The van der Waals surface area contributed by atoms with E-state index in [0.29, 0.717) is 0 Å². The van der Waals surface area contributed by atoms with Crippen LogP contribution in [-0.2, 0) is 0 Å². The molecule has 1 heteroatoms. The summed E-state index contributed by atoms with van der Waals surface area (Å²) in [5.41, 5.74) is 6.12. The van der Waals surface area contributed by atoms with Crippen LogP contribution < -0.4 is 5.73 Å². The van der Waals surface area contributed by atoms with E-state index in [9.17, 15) is 0 Å². The molecule has 0 fully saturated rings. The fourth-order valence-electron chi connectivity index (χ4n) is 7.05. The molecule has 0 spiro atoms. The number of unbranched alkanes of at least 4 members (excludes halogenated alkanes) is 34. The fraction of sp³-hybridized carbons (Fsp3) is 1.00. The Bertz CT molecular complexity index is 460. The average molecular weight is 606 g/mol. The zero-order chi connectivity index (χ0) is 31.2. The van der Waals surface area contributed by atoms with Crippen molar-refractivity contribution in [3.63, 3.8) is 0 Å². The van der Waals surface area contributed by atoms with E-state index in [-0.39, 0.29) is 0 Å². The first-order valence-electron chi connectivity index (χ1n) is 21.0. The van der Waals surface area contributed by atoms with Gasteiger partial charge in [-0.3, -0.25) is 0 Å². The molecule has 1 atom stereocenters. The molecular weight excluding hydrogens is 518 g/mol. The van der Waals surface area contributed by atoms with Gasteiger partial charge in [-0.25, -0.2) is 0 Å². The normalized spacial score (nSPS) is 12.3. The first-order chi connectivity index (χ1) is 21.3. The largest absolute Gasteiger partial charge is 0.330 e. The van der Waals surface area contributed by atoms with E-state index in [1.807, 2.05) is 0 Å². The molecule has 0 amide bonds. The lowest BCUT2D eigenvalue weighted by Gasteiger charge is -2.14. The van der Waals surface area contributed by atoms with Crippen molar-refractivity contribution in [1.82, 2.24) is 0 Å². The molecule has 0 rings (SSSR count). The number of rotatable bonds is 39. The number of hydrogen-bond donors (Lipinski definition) is 1. The third-order valence-corrected chi connectivity index (χ3v) is 10.3. The number of hydrogen-bond acceptors (Lipinski definition) is 1. The van der Waals surface area contributed by atoms with E-state index in [0.717, 1.165) is 12.5 Å². The summed E-state index contributed by atoms with van der Waals surface area (Å²) >= 11 is 0. The molecule has 1 unspecified atom stereocenters. The summed E-state index contributed by atoms with van der Waals surface area (Å²) < 4.78 is 0. The quantitative estimate of drug-likeness (QED) is 0.0693. The van der Waals surface area contributed by atoms with Gasteiger partial charge in [-0.15, -0.1) is 0 Å². The van der Waals surface area contributed by atoms with E-state index in [4.69, 9.17) is 5.73 Å². The molecule has 1 nitrogen and oxygen atoms in total. The Morgan fingerprint density at radius 2 is 0.419 bits per heavy atom. The second-order valence-corrected chi connectivity index (χ2v) is 14.7. The molecule has 0 aliphatic carbocycles. The monoisotopic (exact) mass is 606 g/mol. The van der Waals surface area contributed by atoms with E-state index in [1.54, 1.807) is 0 Å². The summed E-state index contributed by atoms with van der Waals surface area (Å²) in [7, 11) is 0. The van der Waals surface area contributed by atoms with Crippen LogP contribution in [0.5, 0.6) is 0 Å². The molecule has 0 aromatic rings. The summed E-state index contributed by atoms with van der Waals surface area (Å²) in [6.45, 7) is 5.53. The first kappa shape index (κ1) is 43.0. The van der Waals surface area contributed by atoms with Crippen molar-refractivity contribution in [2.45, 2.75) is 258 Å². The lowest BCUT2D eigenvalue weighted by Crippen LogP contribution is -2.14. The zero-order valence-electron chi connectivity index (χ0n) is 30.7. The van der Waals surface area contributed by atoms with E-state index in [2.05, 4.69) is 13.8 Å². The van der Waals surface area contributed by atoms with Gasteiger partial charge in [0, 0.05) is 0 Å². The summed E-state index contributed by atoms with van der Waals surface area (Å²) in [6, 6.07) is 0. The Hall–Kier alpha value is -0.0400. The summed E-state index contributed by atoms with van der Waals surface area (Å²) in [6.07, 6.45) is 55.4. The molecule has 0 aromatic heterocycles. The third kappa shape index (κ3) is 38.1. The summed E-state index contributed by atoms with van der Waals surface area (Å²) in [5.74, 6) is 0.794. The summed E-state index contributed by atoms with van der Waals surface area (Å²) in [5, 5.41) is 0. The van der Waals surface area contributed by atoms with Crippen LogP contribution in [0.15, 0.2) is 0 Å². The summed E-state index contributed by atoms with van der Waals surface area (Å²) in [4.78, 5) is 0. The zero-order valence-corrected chi connectivity index (χ0v) is 30.7. The molecular formula is C42H87N. The molecule has 0 bridgehead atoms. The maximum Gasteiger partial charge on any atom is -0.00489 e. The van der Waals surface area contributed by atoms with Crippen LogP contribution in [0.1, 0.15) is 258 Å². The van der Waals surface area contributed by atoms with Crippen molar-refractivity contribution in [2.75, 3.05) is 6.54 Å². The van der Waals surface area contributed by atoms with Crippen LogP contribution in [0.2, 0.25) is 0 Å². The van der Waals surface area contributed by atoms with Gasteiger partial charge in [0.05, 0.1) is 0 Å². The lowest BCUT2D eigenvalue weighted by molar-refractivity contribution is 0.409. The van der Waals surface area contributed by atoms with Gasteiger partial charge in [0.15, 0.2) is 0 Å². The van der Waals surface area contributed by atoms with Gasteiger partial charge in [-0.05, 0) is 25.3 Å². The SMILES string of the molecule is CCCCCCCCCCCCCCCCCCCCCCCCC(CN)CCCCCCCCCCCCCCCC. The minimum absolute atomic E-state index is 0.794. The van der Waals surface area contributed by atoms with Gasteiger partial charge in [0.2, 0.25) is 0 Å². The van der Waals surface area contributed by atoms with Crippen molar-refractivity contribution in [3.05, 3.63) is 0 Å². The van der Waals surface area contributed by atoms with Crippen LogP contribution in [0.25, 0.3) is 0 Å². The van der Waals surface area contributed by atoms with E-state index >= 15 is 0 Å². The van der Waals surface area contributed by atoms with Crippen molar-refractivity contribution in [3.8, 4) is 0 Å². The number of nitrogens with two attached hydrogens (primary N) is 1. The minimum Gasteiger partial charge on any atom is -0.330 e. The van der Waals surface area contributed by atoms with Crippen LogP contribution >= 0.6 is 0 Å². The molecule has 0 saturated carbocycles. The van der Waals surface area contributed by atoms with Gasteiger partial charge in [-0.2, -0.15) is 0 Å².